The van der Waals surface area contributed by atoms with Crippen LogP contribution in [0, 0.1) is 52.1 Å². The first-order valence-corrected chi connectivity index (χ1v) is 11.3. The summed E-state index contributed by atoms with van der Waals surface area (Å²) in [6, 6.07) is 38.2. The van der Waals surface area contributed by atoms with Crippen molar-refractivity contribution in [3.8, 4) is 0 Å². The molecule has 2 unspecified atom stereocenters. The third-order valence-electron chi connectivity index (χ3n) is 6.24. The van der Waals surface area contributed by atoms with Gasteiger partial charge in [-0.05, 0) is 0 Å². The van der Waals surface area contributed by atoms with Gasteiger partial charge in [0, 0.05) is 0 Å². The van der Waals surface area contributed by atoms with Crippen LogP contribution < -0.4 is 0 Å². The molecule has 1 heteroatoms. The van der Waals surface area contributed by atoms with Gasteiger partial charge in [-0.15, -0.1) is 69.8 Å². The first-order valence-electron chi connectivity index (χ1n) is 11.3. The quantitative estimate of drug-likeness (QED) is 0.215. The van der Waals surface area contributed by atoms with Gasteiger partial charge in [0.1, 0.15) is 0 Å². The van der Waals surface area contributed by atoms with E-state index in [1.807, 2.05) is 12.1 Å². The number of benzene rings is 4. The molecular weight excluding hydrogens is 542 g/mol. The monoisotopic (exact) mass is 568 g/mol. The van der Waals surface area contributed by atoms with Crippen LogP contribution in [0.5, 0.6) is 0 Å². The van der Waals surface area contributed by atoms with Gasteiger partial charge in [0.2, 0.25) is 0 Å². The standard InChI is InChI=1S/2C16H13.Gd/c2*1-12-11-16(13-7-3-2-4-8-13)15-10-6-5-9-14(12)15;/h2*2-10,12H,1H3;/q2*-1;+2. The van der Waals surface area contributed by atoms with Crippen LogP contribution >= 0.6 is 0 Å². The third kappa shape index (κ3) is 4.97. The van der Waals surface area contributed by atoms with Gasteiger partial charge >= 0.3 is 39.9 Å². The van der Waals surface area contributed by atoms with Crippen LogP contribution in [0.3, 0.4) is 0 Å². The second kappa shape index (κ2) is 10.7. The molecule has 4 aromatic rings. The average molecular weight is 568 g/mol. The van der Waals surface area contributed by atoms with Gasteiger partial charge in [0.15, 0.2) is 0 Å². The van der Waals surface area contributed by atoms with Gasteiger partial charge in [-0.1, -0.05) is 98.5 Å². The van der Waals surface area contributed by atoms with Crippen molar-refractivity contribution in [1.29, 1.82) is 0 Å². The molecule has 0 saturated heterocycles. The van der Waals surface area contributed by atoms with Crippen LogP contribution in [0.1, 0.15) is 59.1 Å². The summed E-state index contributed by atoms with van der Waals surface area (Å²) >= 11 is 0. The summed E-state index contributed by atoms with van der Waals surface area (Å²) in [5.41, 5.74) is 10.5. The molecule has 0 radical (unpaired) electrons. The molecule has 0 spiro atoms. The maximum absolute atomic E-state index is 3.55. The van der Waals surface area contributed by atoms with Crippen molar-refractivity contribution >= 4 is 11.1 Å². The maximum Gasteiger partial charge on any atom is 2.00 e. The van der Waals surface area contributed by atoms with Gasteiger partial charge in [-0.25, -0.2) is 0 Å². The summed E-state index contributed by atoms with van der Waals surface area (Å²) in [5, 5.41) is 0. The van der Waals surface area contributed by atoms with Crippen molar-refractivity contribution in [3.63, 3.8) is 0 Å². The van der Waals surface area contributed by atoms with Crippen molar-refractivity contribution in [2.45, 2.75) is 25.7 Å². The predicted molar refractivity (Wildman–Crippen MR) is 134 cm³/mol. The zero-order valence-electron chi connectivity index (χ0n) is 18.9. The van der Waals surface area contributed by atoms with Crippen LogP contribution in [0.15, 0.2) is 109 Å². The fourth-order valence-corrected chi connectivity index (χ4v) is 4.64. The molecular formula is C32H26Gd. The molecule has 2 atom stereocenters. The Morgan fingerprint density at radius 2 is 0.788 bits per heavy atom. The molecule has 0 bridgehead atoms. The Labute approximate surface area is 229 Å². The fourth-order valence-electron chi connectivity index (χ4n) is 4.64. The third-order valence-corrected chi connectivity index (χ3v) is 6.24. The number of allylic oxidation sites excluding steroid dienone is 2. The molecule has 4 aromatic carbocycles. The van der Waals surface area contributed by atoms with Crippen LogP contribution in [-0.4, -0.2) is 0 Å². The second-order valence-electron chi connectivity index (χ2n) is 8.39. The minimum absolute atomic E-state index is 0. The molecule has 0 N–H and O–H groups in total. The molecule has 162 valence electrons. The molecule has 0 amide bonds. The maximum atomic E-state index is 3.55. The molecule has 0 nitrogen and oxygen atoms in total. The number of rotatable bonds is 2. The summed E-state index contributed by atoms with van der Waals surface area (Å²) in [6.45, 7) is 4.41. The average Bonchev–Trinajstić information content (AvgIpc) is 3.38. The smallest absolute Gasteiger partial charge is 0.193 e. The van der Waals surface area contributed by atoms with E-state index in [0.717, 1.165) is 0 Å². The van der Waals surface area contributed by atoms with E-state index in [-0.39, 0.29) is 39.9 Å². The van der Waals surface area contributed by atoms with Crippen LogP contribution in [0.4, 0.5) is 0 Å². The van der Waals surface area contributed by atoms with Crippen molar-refractivity contribution in [2.75, 3.05) is 0 Å². The summed E-state index contributed by atoms with van der Waals surface area (Å²) in [5.74, 6) is 0.817. The first-order chi connectivity index (χ1) is 15.7. The molecule has 0 heterocycles. The van der Waals surface area contributed by atoms with Crippen molar-refractivity contribution < 1.29 is 39.9 Å². The zero-order chi connectivity index (χ0) is 21.9. The van der Waals surface area contributed by atoms with Gasteiger partial charge in [-0.2, -0.15) is 23.3 Å². The van der Waals surface area contributed by atoms with Crippen molar-refractivity contribution in [1.82, 2.24) is 0 Å². The molecule has 0 saturated carbocycles. The molecule has 2 aliphatic carbocycles. The Kier molecular flexibility index (Phi) is 7.76. The molecule has 0 aromatic heterocycles. The Morgan fingerprint density at radius 3 is 1.18 bits per heavy atom. The minimum Gasteiger partial charge on any atom is -0.193 e. The van der Waals surface area contributed by atoms with Gasteiger partial charge < -0.3 is 0 Å². The van der Waals surface area contributed by atoms with Crippen LogP contribution in [0.25, 0.3) is 11.1 Å². The molecule has 2 aliphatic rings. The largest absolute Gasteiger partial charge is 2.00 e. The second-order valence-corrected chi connectivity index (χ2v) is 8.39. The summed E-state index contributed by atoms with van der Waals surface area (Å²) < 4.78 is 0. The minimum atomic E-state index is 0. The summed E-state index contributed by atoms with van der Waals surface area (Å²) in [4.78, 5) is 0. The Balaban J connectivity index is 0.000000152. The zero-order valence-corrected chi connectivity index (χ0v) is 21.2. The van der Waals surface area contributed by atoms with E-state index >= 15 is 0 Å². The molecule has 33 heavy (non-hydrogen) atoms. The molecule has 0 aliphatic heterocycles. The van der Waals surface area contributed by atoms with E-state index in [1.165, 1.54) is 44.5 Å². The predicted octanol–water partition coefficient (Wildman–Crippen LogP) is 8.08. The fraction of sp³-hybridized carbons (Fsp3) is 0.125. The SMILES string of the molecule is CC1[C-]=C(c2ccccc2)c2ccccc21.CC1[C-]=C(c2ccccc2)c2ccccc21.[Gd+2]. The number of hydrogen-bond donors (Lipinski definition) is 0. The Hall–Kier alpha value is -2.32. The molecule has 6 rings (SSSR count). The number of hydrogen-bond acceptors (Lipinski definition) is 0. The first kappa shape index (κ1) is 23.8. The van der Waals surface area contributed by atoms with Gasteiger partial charge in [0.25, 0.3) is 0 Å². The number of fused-ring (bicyclic) bond motifs is 2. The van der Waals surface area contributed by atoms with E-state index in [9.17, 15) is 0 Å². The summed E-state index contributed by atoms with van der Waals surface area (Å²) in [6.07, 6.45) is 7.10. The van der Waals surface area contributed by atoms with Crippen LogP contribution in [-0.2, 0) is 0 Å². The van der Waals surface area contributed by atoms with E-state index in [0.29, 0.717) is 11.8 Å². The summed E-state index contributed by atoms with van der Waals surface area (Å²) in [7, 11) is 0. The van der Waals surface area contributed by atoms with Gasteiger partial charge in [0.05, 0.1) is 0 Å². The van der Waals surface area contributed by atoms with E-state index in [1.54, 1.807) is 0 Å². The topological polar surface area (TPSA) is 0 Å². The van der Waals surface area contributed by atoms with E-state index < -0.39 is 0 Å². The van der Waals surface area contributed by atoms with E-state index in [4.69, 9.17) is 0 Å². The Bertz CT molecular complexity index is 1180. The van der Waals surface area contributed by atoms with Gasteiger partial charge in [-0.3, -0.25) is 0 Å². The van der Waals surface area contributed by atoms with E-state index in [2.05, 4.69) is 123 Å². The van der Waals surface area contributed by atoms with Crippen molar-refractivity contribution in [3.05, 3.63) is 155 Å². The van der Waals surface area contributed by atoms with Crippen molar-refractivity contribution in [2.24, 2.45) is 0 Å². The normalized spacial score (nSPS) is 17.5. The van der Waals surface area contributed by atoms with Crippen LogP contribution in [0.2, 0.25) is 0 Å². The Morgan fingerprint density at radius 1 is 0.455 bits per heavy atom. The molecule has 0 fully saturated rings.